The fourth-order valence-corrected chi connectivity index (χ4v) is 3.51. The molecule has 2 rings (SSSR count). The standard InChI is InChI=1S/C19H18N2O6S/c1-5-27-19(24)16-17(28-14(18(23)26-4)9-15(22)25-3)12(10-20)13-8-11(2)6-7-21(13)16/h6-9H,5H2,1-4H3/b14-9+. The van der Waals surface area contributed by atoms with Gasteiger partial charge >= 0.3 is 17.9 Å². The molecule has 2 aromatic rings. The second kappa shape index (κ2) is 9.10. The fraction of sp³-hybridized carbons (Fsp3) is 0.263. The van der Waals surface area contributed by atoms with Crippen molar-refractivity contribution in [2.24, 2.45) is 0 Å². The largest absolute Gasteiger partial charge is 0.466 e. The second-order valence-corrected chi connectivity index (χ2v) is 6.52. The van der Waals surface area contributed by atoms with E-state index >= 15 is 0 Å². The van der Waals surface area contributed by atoms with Crippen molar-refractivity contribution in [3.63, 3.8) is 0 Å². The van der Waals surface area contributed by atoms with Crippen molar-refractivity contribution >= 4 is 35.2 Å². The van der Waals surface area contributed by atoms with Crippen LogP contribution in [0.15, 0.2) is 34.2 Å². The minimum atomic E-state index is -0.805. The summed E-state index contributed by atoms with van der Waals surface area (Å²) in [5.41, 5.74) is 1.62. The number of carbonyl (C=O) groups excluding carboxylic acids is 3. The zero-order valence-electron chi connectivity index (χ0n) is 15.8. The molecule has 0 aliphatic heterocycles. The van der Waals surface area contributed by atoms with Crippen LogP contribution in [0.1, 0.15) is 28.5 Å². The molecule has 0 bridgehead atoms. The van der Waals surface area contributed by atoms with E-state index in [-0.39, 0.29) is 27.7 Å². The lowest BCUT2D eigenvalue weighted by molar-refractivity contribution is -0.137. The van der Waals surface area contributed by atoms with Crippen LogP contribution in [0.3, 0.4) is 0 Å². The van der Waals surface area contributed by atoms with Gasteiger partial charge in [0.25, 0.3) is 0 Å². The van der Waals surface area contributed by atoms with Crippen LogP contribution in [0.25, 0.3) is 5.52 Å². The lowest BCUT2D eigenvalue weighted by Gasteiger charge is -2.08. The molecule has 0 saturated carbocycles. The molecule has 0 spiro atoms. The highest BCUT2D eigenvalue weighted by Crippen LogP contribution is 2.37. The third kappa shape index (κ3) is 4.18. The van der Waals surface area contributed by atoms with Crippen molar-refractivity contribution in [2.75, 3.05) is 20.8 Å². The van der Waals surface area contributed by atoms with Crippen LogP contribution < -0.4 is 0 Å². The Bertz CT molecular complexity index is 1020. The number of hydrogen-bond acceptors (Lipinski definition) is 8. The van der Waals surface area contributed by atoms with Gasteiger partial charge in [-0.3, -0.25) is 0 Å². The Hall–Kier alpha value is -3.25. The summed E-state index contributed by atoms with van der Waals surface area (Å²) < 4.78 is 15.9. The van der Waals surface area contributed by atoms with Crippen molar-refractivity contribution in [1.82, 2.24) is 4.40 Å². The van der Waals surface area contributed by atoms with Crippen LogP contribution >= 0.6 is 11.8 Å². The number of fused-ring (bicyclic) bond motifs is 1. The lowest BCUT2D eigenvalue weighted by Crippen LogP contribution is -2.10. The van der Waals surface area contributed by atoms with Gasteiger partial charge in [0.15, 0.2) is 0 Å². The highest BCUT2D eigenvalue weighted by molar-refractivity contribution is 8.04. The van der Waals surface area contributed by atoms with E-state index in [1.54, 1.807) is 25.3 Å². The smallest absolute Gasteiger partial charge is 0.356 e. The van der Waals surface area contributed by atoms with Crippen LogP contribution in [0.4, 0.5) is 0 Å². The highest BCUT2D eigenvalue weighted by atomic mass is 32.2. The number of aromatic nitrogens is 1. The topological polar surface area (TPSA) is 107 Å². The van der Waals surface area contributed by atoms with Crippen molar-refractivity contribution in [3.8, 4) is 6.07 Å². The highest BCUT2D eigenvalue weighted by Gasteiger charge is 2.28. The lowest BCUT2D eigenvalue weighted by atomic mass is 10.2. The number of ether oxygens (including phenoxy) is 3. The van der Waals surface area contributed by atoms with E-state index < -0.39 is 17.9 Å². The number of pyridine rings is 1. The molecule has 0 N–H and O–H groups in total. The summed E-state index contributed by atoms with van der Waals surface area (Å²) in [6, 6.07) is 5.59. The number of nitrogens with zero attached hydrogens (tertiary/aromatic N) is 2. The van der Waals surface area contributed by atoms with E-state index in [1.807, 2.05) is 6.92 Å². The van der Waals surface area contributed by atoms with Crippen LogP contribution in [-0.2, 0) is 23.8 Å². The predicted molar refractivity (Wildman–Crippen MR) is 101 cm³/mol. The molecule has 0 radical (unpaired) electrons. The number of rotatable bonds is 6. The Morgan fingerprint density at radius 1 is 1.29 bits per heavy atom. The summed E-state index contributed by atoms with van der Waals surface area (Å²) in [6.07, 6.45) is 2.59. The fourth-order valence-electron chi connectivity index (χ4n) is 2.44. The van der Waals surface area contributed by atoms with Gasteiger partial charge < -0.3 is 18.6 Å². The number of nitriles is 1. The average molecular weight is 402 g/mol. The third-order valence-electron chi connectivity index (χ3n) is 3.68. The quantitative estimate of drug-likeness (QED) is 0.314. The van der Waals surface area contributed by atoms with E-state index in [2.05, 4.69) is 10.8 Å². The first-order valence-corrected chi connectivity index (χ1v) is 8.97. The van der Waals surface area contributed by atoms with E-state index in [4.69, 9.17) is 9.47 Å². The van der Waals surface area contributed by atoms with E-state index in [0.717, 1.165) is 30.5 Å². The normalized spacial score (nSPS) is 11.0. The Kier molecular flexibility index (Phi) is 6.84. The third-order valence-corrected chi connectivity index (χ3v) is 4.78. The van der Waals surface area contributed by atoms with Gasteiger partial charge in [-0.25, -0.2) is 14.4 Å². The van der Waals surface area contributed by atoms with Crippen LogP contribution in [0.2, 0.25) is 0 Å². The molecule has 28 heavy (non-hydrogen) atoms. The molecule has 146 valence electrons. The van der Waals surface area contributed by atoms with Gasteiger partial charge in [0.1, 0.15) is 16.7 Å². The van der Waals surface area contributed by atoms with Gasteiger partial charge in [0, 0.05) is 12.3 Å². The summed E-state index contributed by atoms with van der Waals surface area (Å²) in [7, 11) is 2.32. The van der Waals surface area contributed by atoms with Gasteiger partial charge in [-0.2, -0.15) is 5.26 Å². The molecule has 8 nitrogen and oxygen atoms in total. The molecule has 0 fully saturated rings. The summed E-state index contributed by atoms with van der Waals surface area (Å²) in [6.45, 7) is 3.64. The van der Waals surface area contributed by atoms with Crippen molar-refractivity contribution < 1.29 is 28.6 Å². The van der Waals surface area contributed by atoms with Crippen LogP contribution in [0.5, 0.6) is 0 Å². The van der Waals surface area contributed by atoms with Crippen LogP contribution in [-0.4, -0.2) is 43.1 Å². The number of thioether (sulfide) groups is 1. The second-order valence-electron chi connectivity index (χ2n) is 5.47. The molecule has 2 heterocycles. The Morgan fingerprint density at radius 2 is 2.00 bits per heavy atom. The van der Waals surface area contributed by atoms with Gasteiger partial charge in [-0.15, -0.1) is 0 Å². The minimum Gasteiger partial charge on any atom is -0.466 e. The molecular weight excluding hydrogens is 384 g/mol. The molecule has 0 amide bonds. The van der Waals surface area contributed by atoms with Crippen molar-refractivity contribution in [3.05, 3.63) is 46.1 Å². The summed E-state index contributed by atoms with van der Waals surface area (Å²) in [5.74, 6) is -2.24. The zero-order chi connectivity index (χ0) is 20.8. The maximum absolute atomic E-state index is 12.6. The number of esters is 3. The monoisotopic (exact) mass is 402 g/mol. The molecule has 0 atom stereocenters. The number of aryl methyl sites for hydroxylation is 1. The Balaban J connectivity index is 2.76. The number of carbonyl (C=O) groups is 3. The SMILES string of the molecule is CCOC(=O)c1c(S/C(=C/C(=O)OC)C(=O)OC)c(C#N)c2cc(C)ccn12. The molecule has 0 unspecified atom stereocenters. The molecule has 0 aliphatic rings. The molecule has 0 aromatic carbocycles. The molecule has 0 aliphatic carbocycles. The number of hydrogen-bond donors (Lipinski definition) is 0. The van der Waals surface area contributed by atoms with Crippen molar-refractivity contribution in [2.45, 2.75) is 18.7 Å². The molecule has 2 aromatic heterocycles. The van der Waals surface area contributed by atoms with Crippen LogP contribution in [0, 0.1) is 18.3 Å². The van der Waals surface area contributed by atoms with Gasteiger partial charge in [0.2, 0.25) is 0 Å². The van der Waals surface area contributed by atoms with E-state index in [1.165, 1.54) is 11.5 Å². The minimum absolute atomic E-state index is 0.0815. The molecule has 9 heteroatoms. The summed E-state index contributed by atoms with van der Waals surface area (Å²) >= 11 is 0.770. The van der Waals surface area contributed by atoms with E-state index in [0.29, 0.717) is 5.52 Å². The number of methoxy groups -OCH3 is 2. The first-order chi connectivity index (χ1) is 13.4. The Morgan fingerprint density at radius 3 is 2.57 bits per heavy atom. The Labute approximate surface area is 165 Å². The predicted octanol–water partition coefficient (Wildman–Crippen LogP) is 2.62. The zero-order valence-corrected chi connectivity index (χ0v) is 16.6. The maximum Gasteiger partial charge on any atom is 0.356 e. The maximum atomic E-state index is 12.6. The van der Waals surface area contributed by atoms with Gasteiger partial charge in [-0.1, -0.05) is 11.8 Å². The average Bonchev–Trinajstić information content (AvgIpc) is 2.98. The summed E-state index contributed by atoms with van der Waals surface area (Å²) in [5, 5.41) is 9.71. The summed E-state index contributed by atoms with van der Waals surface area (Å²) in [4.78, 5) is 36.4. The molecular formula is C19H18N2O6S. The van der Waals surface area contributed by atoms with Gasteiger partial charge in [-0.05, 0) is 31.5 Å². The van der Waals surface area contributed by atoms with E-state index in [9.17, 15) is 19.6 Å². The molecule has 0 saturated heterocycles. The first-order valence-electron chi connectivity index (χ1n) is 8.15. The first kappa shape index (κ1) is 21.1. The van der Waals surface area contributed by atoms with Gasteiger partial charge in [0.05, 0.1) is 36.8 Å². The van der Waals surface area contributed by atoms with Crippen molar-refractivity contribution in [1.29, 1.82) is 5.26 Å².